The standard InChI is InChI=1S/C22H24O6/c1-3-25-21(23)15-27-19-11-7-17(8-12-19)5-6-18-9-13-20(14-10-18)28-16-22(24)26-4-2/h5-14H,3-4,15-16H2,1-2H3/b6-5+. The third-order valence-electron chi connectivity index (χ3n) is 3.55. The molecule has 0 atom stereocenters. The first-order chi connectivity index (χ1) is 13.6. The summed E-state index contributed by atoms with van der Waals surface area (Å²) >= 11 is 0. The van der Waals surface area contributed by atoms with Crippen molar-refractivity contribution in [3.05, 3.63) is 59.7 Å². The zero-order valence-electron chi connectivity index (χ0n) is 16.1. The Labute approximate surface area is 164 Å². The number of rotatable bonds is 10. The molecule has 6 heteroatoms. The lowest BCUT2D eigenvalue weighted by Gasteiger charge is -2.06. The second kappa shape index (κ2) is 11.4. The first-order valence-electron chi connectivity index (χ1n) is 9.05. The molecule has 2 rings (SSSR count). The molecule has 0 radical (unpaired) electrons. The molecule has 2 aromatic rings. The van der Waals surface area contributed by atoms with Gasteiger partial charge in [-0.1, -0.05) is 36.4 Å². The average molecular weight is 384 g/mol. The van der Waals surface area contributed by atoms with E-state index in [1.165, 1.54) is 0 Å². The van der Waals surface area contributed by atoms with E-state index in [2.05, 4.69) is 0 Å². The van der Waals surface area contributed by atoms with E-state index in [9.17, 15) is 9.59 Å². The molecule has 0 aliphatic heterocycles. The second-order valence-electron chi connectivity index (χ2n) is 5.66. The summed E-state index contributed by atoms with van der Waals surface area (Å²) in [4.78, 5) is 22.6. The van der Waals surface area contributed by atoms with Crippen molar-refractivity contribution < 1.29 is 28.5 Å². The molecule has 0 saturated carbocycles. The Kier molecular flexibility index (Phi) is 8.59. The van der Waals surface area contributed by atoms with Gasteiger partial charge in [-0.3, -0.25) is 0 Å². The van der Waals surface area contributed by atoms with Crippen LogP contribution in [0.4, 0.5) is 0 Å². The quantitative estimate of drug-likeness (QED) is 0.459. The summed E-state index contributed by atoms with van der Waals surface area (Å²) in [6.07, 6.45) is 3.92. The number of ether oxygens (including phenoxy) is 4. The van der Waals surface area contributed by atoms with Gasteiger partial charge in [-0.15, -0.1) is 0 Å². The maximum absolute atomic E-state index is 11.3. The predicted octanol–water partition coefficient (Wildman–Crippen LogP) is 3.74. The van der Waals surface area contributed by atoms with Gasteiger partial charge in [0.15, 0.2) is 13.2 Å². The van der Waals surface area contributed by atoms with Gasteiger partial charge in [-0.05, 0) is 49.2 Å². The molecule has 148 valence electrons. The maximum atomic E-state index is 11.3. The molecule has 0 aromatic heterocycles. The molecule has 2 aromatic carbocycles. The van der Waals surface area contributed by atoms with E-state index in [-0.39, 0.29) is 25.2 Å². The van der Waals surface area contributed by atoms with Crippen molar-refractivity contribution in [2.75, 3.05) is 26.4 Å². The van der Waals surface area contributed by atoms with E-state index < -0.39 is 0 Å². The van der Waals surface area contributed by atoms with Gasteiger partial charge >= 0.3 is 11.9 Å². The fourth-order valence-electron chi connectivity index (χ4n) is 2.23. The van der Waals surface area contributed by atoms with E-state index in [0.717, 1.165) is 11.1 Å². The summed E-state index contributed by atoms with van der Waals surface area (Å²) in [5.41, 5.74) is 1.98. The summed E-state index contributed by atoms with van der Waals surface area (Å²) in [7, 11) is 0. The minimum absolute atomic E-state index is 0.104. The third-order valence-corrected chi connectivity index (χ3v) is 3.55. The zero-order chi connectivity index (χ0) is 20.2. The van der Waals surface area contributed by atoms with Crippen LogP contribution >= 0.6 is 0 Å². The van der Waals surface area contributed by atoms with Crippen LogP contribution < -0.4 is 9.47 Å². The number of hydrogen-bond donors (Lipinski definition) is 0. The van der Waals surface area contributed by atoms with Gasteiger partial charge in [-0.2, -0.15) is 0 Å². The molecule has 0 unspecified atom stereocenters. The van der Waals surface area contributed by atoms with Gasteiger partial charge < -0.3 is 18.9 Å². The lowest BCUT2D eigenvalue weighted by Crippen LogP contribution is -2.14. The summed E-state index contributed by atoms with van der Waals surface area (Å²) in [5.74, 6) is 0.434. The van der Waals surface area contributed by atoms with Crippen LogP contribution in [0.3, 0.4) is 0 Å². The Bertz CT molecular complexity index is 710. The molecular weight excluding hydrogens is 360 g/mol. The molecule has 0 aliphatic carbocycles. The Balaban J connectivity index is 1.84. The van der Waals surface area contributed by atoms with Crippen molar-refractivity contribution in [3.8, 4) is 11.5 Å². The van der Waals surface area contributed by atoms with Crippen LogP contribution in [0.25, 0.3) is 12.2 Å². The largest absolute Gasteiger partial charge is 0.482 e. The number of carbonyl (C=O) groups excluding carboxylic acids is 2. The maximum Gasteiger partial charge on any atom is 0.344 e. The molecule has 0 spiro atoms. The first kappa shape index (κ1) is 21.0. The van der Waals surface area contributed by atoms with Crippen LogP contribution in [0.2, 0.25) is 0 Å². The fourth-order valence-corrected chi connectivity index (χ4v) is 2.23. The third kappa shape index (κ3) is 7.53. The van der Waals surface area contributed by atoms with Crippen LogP contribution in [-0.2, 0) is 19.1 Å². The van der Waals surface area contributed by atoms with Crippen molar-refractivity contribution in [1.29, 1.82) is 0 Å². The number of esters is 2. The molecule has 0 bridgehead atoms. The highest BCUT2D eigenvalue weighted by Crippen LogP contribution is 2.17. The van der Waals surface area contributed by atoms with Gasteiger partial charge in [0.25, 0.3) is 0 Å². The molecule has 0 amide bonds. The molecular formula is C22H24O6. The van der Waals surface area contributed by atoms with Crippen LogP contribution in [0.1, 0.15) is 25.0 Å². The lowest BCUT2D eigenvalue weighted by atomic mass is 10.1. The van der Waals surface area contributed by atoms with E-state index >= 15 is 0 Å². The predicted molar refractivity (Wildman–Crippen MR) is 106 cm³/mol. The smallest absolute Gasteiger partial charge is 0.344 e. The van der Waals surface area contributed by atoms with Crippen LogP contribution in [0, 0.1) is 0 Å². The minimum atomic E-state index is -0.388. The Morgan fingerprint density at radius 1 is 0.679 bits per heavy atom. The van der Waals surface area contributed by atoms with E-state index in [1.54, 1.807) is 38.1 Å². The summed E-state index contributed by atoms with van der Waals surface area (Å²) in [6.45, 7) is 3.97. The van der Waals surface area contributed by atoms with Crippen molar-refractivity contribution in [3.63, 3.8) is 0 Å². The van der Waals surface area contributed by atoms with Gasteiger partial charge in [0, 0.05) is 0 Å². The number of carbonyl (C=O) groups is 2. The highest BCUT2D eigenvalue weighted by atomic mass is 16.6. The molecule has 0 aliphatic rings. The van der Waals surface area contributed by atoms with Crippen molar-refractivity contribution in [2.45, 2.75) is 13.8 Å². The van der Waals surface area contributed by atoms with Crippen LogP contribution in [-0.4, -0.2) is 38.4 Å². The van der Waals surface area contributed by atoms with Crippen molar-refractivity contribution in [2.24, 2.45) is 0 Å². The Morgan fingerprint density at radius 3 is 1.36 bits per heavy atom. The highest BCUT2D eigenvalue weighted by molar-refractivity contribution is 5.72. The zero-order valence-corrected chi connectivity index (χ0v) is 16.1. The molecule has 28 heavy (non-hydrogen) atoms. The SMILES string of the molecule is CCOC(=O)COc1ccc(/C=C/c2ccc(OCC(=O)OCC)cc2)cc1. The van der Waals surface area contributed by atoms with Crippen LogP contribution in [0.15, 0.2) is 48.5 Å². The Hall–Kier alpha value is -3.28. The van der Waals surface area contributed by atoms with Crippen LogP contribution in [0.5, 0.6) is 11.5 Å². The summed E-state index contributed by atoms with van der Waals surface area (Å²) < 4.78 is 20.3. The van der Waals surface area contributed by atoms with Crippen molar-refractivity contribution >= 4 is 24.1 Å². The van der Waals surface area contributed by atoms with E-state index in [4.69, 9.17) is 18.9 Å². The highest BCUT2D eigenvalue weighted by Gasteiger charge is 2.03. The number of benzene rings is 2. The van der Waals surface area contributed by atoms with E-state index in [0.29, 0.717) is 24.7 Å². The monoisotopic (exact) mass is 384 g/mol. The van der Waals surface area contributed by atoms with Gasteiger partial charge in [0.05, 0.1) is 13.2 Å². The van der Waals surface area contributed by atoms with Crippen molar-refractivity contribution in [1.82, 2.24) is 0 Å². The molecule has 0 heterocycles. The van der Waals surface area contributed by atoms with Gasteiger partial charge in [-0.25, -0.2) is 9.59 Å². The molecule has 0 fully saturated rings. The van der Waals surface area contributed by atoms with Gasteiger partial charge in [0.2, 0.25) is 0 Å². The summed E-state index contributed by atoms with van der Waals surface area (Å²) in [6, 6.07) is 14.8. The lowest BCUT2D eigenvalue weighted by molar-refractivity contribution is -0.146. The number of hydrogen-bond acceptors (Lipinski definition) is 6. The topological polar surface area (TPSA) is 71.1 Å². The normalized spacial score (nSPS) is 10.5. The molecule has 0 saturated heterocycles. The average Bonchev–Trinajstić information content (AvgIpc) is 2.71. The van der Waals surface area contributed by atoms with E-state index in [1.807, 2.05) is 36.4 Å². The van der Waals surface area contributed by atoms with Gasteiger partial charge in [0.1, 0.15) is 11.5 Å². The Morgan fingerprint density at radius 2 is 1.04 bits per heavy atom. The fraction of sp³-hybridized carbons (Fsp3) is 0.273. The summed E-state index contributed by atoms with van der Waals surface area (Å²) in [5, 5.41) is 0. The molecule has 6 nitrogen and oxygen atoms in total. The first-order valence-corrected chi connectivity index (χ1v) is 9.05. The minimum Gasteiger partial charge on any atom is -0.482 e. The second-order valence-corrected chi connectivity index (χ2v) is 5.66. The molecule has 0 N–H and O–H groups in total.